The minimum atomic E-state index is -1.31. The lowest BCUT2D eigenvalue weighted by Gasteiger charge is -2.28. The summed E-state index contributed by atoms with van der Waals surface area (Å²) in [6.45, 7) is 3.39. The number of carbonyl (C=O) groups excluding carboxylic acids is 1. The largest absolute Gasteiger partial charge is 0.507 e. The maximum atomic E-state index is 12.1. The Morgan fingerprint density at radius 2 is 1.89 bits per heavy atom. The van der Waals surface area contributed by atoms with Gasteiger partial charge in [0.1, 0.15) is 11.3 Å². The normalized spacial score (nSPS) is 11.1. The summed E-state index contributed by atoms with van der Waals surface area (Å²) in [4.78, 5) is 23.4. The average molecular weight is 330 g/mol. The van der Waals surface area contributed by atoms with E-state index in [1.807, 2.05) is 0 Å². The van der Waals surface area contributed by atoms with Crippen molar-refractivity contribution in [3.63, 3.8) is 0 Å². The van der Waals surface area contributed by atoms with Crippen LogP contribution in [0.25, 0.3) is 0 Å². The van der Waals surface area contributed by atoms with Crippen LogP contribution in [0, 0.1) is 0 Å². The number of amides is 1. The highest BCUT2D eigenvalue weighted by atomic mass is 79.9. The fraction of sp³-hybridized carbons (Fsp3) is 0.385. The number of halogens is 1. The van der Waals surface area contributed by atoms with Gasteiger partial charge in [-0.15, -0.1) is 0 Å². The van der Waals surface area contributed by atoms with Crippen LogP contribution >= 0.6 is 15.9 Å². The maximum Gasteiger partial charge on any atom is 0.329 e. The molecule has 6 heteroatoms. The van der Waals surface area contributed by atoms with Crippen LogP contribution < -0.4 is 5.32 Å². The van der Waals surface area contributed by atoms with E-state index in [9.17, 15) is 19.8 Å². The number of carbonyl (C=O) groups is 2. The first kappa shape index (κ1) is 15.5. The molecule has 19 heavy (non-hydrogen) atoms. The third-order valence-corrected chi connectivity index (χ3v) is 3.67. The minimum absolute atomic E-state index is 0.0434. The first-order valence-electron chi connectivity index (χ1n) is 5.90. The summed E-state index contributed by atoms with van der Waals surface area (Å²) in [6.07, 6.45) is 0.526. The topological polar surface area (TPSA) is 86.6 Å². The summed E-state index contributed by atoms with van der Waals surface area (Å²) in [5.41, 5.74) is -1.27. The summed E-state index contributed by atoms with van der Waals surface area (Å²) in [5, 5.41) is 21.4. The van der Waals surface area contributed by atoms with Gasteiger partial charge in [-0.2, -0.15) is 0 Å². The third kappa shape index (κ3) is 3.26. The van der Waals surface area contributed by atoms with Crippen molar-refractivity contribution in [2.24, 2.45) is 0 Å². The Morgan fingerprint density at radius 1 is 1.32 bits per heavy atom. The summed E-state index contributed by atoms with van der Waals surface area (Å²) >= 11 is 3.20. The second-order valence-electron chi connectivity index (χ2n) is 4.21. The lowest BCUT2D eigenvalue weighted by Crippen LogP contribution is -2.53. The van der Waals surface area contributed by atoms with Gasteiger partial charge in [-0.3, -0.25) is 4.79 Å². The van der Waals surface area contributed by atoms with Crippen molar-refractivity contribution >= 4 is 27.8 Å². The Balaban J connectivity index is 3.07. The lowest BCUT2D eigenvalue weighted by molar-refractivity contribution is -0.144. The Hall–Kier alpha value is -1.56. The highest BCUT2D eigenvalue weighted by molar-refractivity contribution is 9.10. The number of nitrogens with one attached hydrogen (secondary N) is 1. The molecule has 0 unspecified atom stereocenters. The molecule has 1 aromatic carbocycles. The van der Waals surface area contributed by atoms with Crippen molar-refractivity contribution in [3.8, 4) is 5.75 Å². The number of phenolic OH excluding ortho intramolecular Hbond substituents is 1. The quantitative estimate of drug-likeness (QED) is 0.774. The van der Waals surface area contributed by atoms with Crippen molar-refractivity contribution in [1.29, 1.82) is 0 Å². The van der Waals surface area contributed by atoms with E-state index in [2.05, 4.69) is 21.2 Å². The molecule has 0 atom stereocenters. The van der Waals surface area contributed by atoms with Crippen LogP contribution in [0.2, 0.25) is 0 Å². The van der Waals surface area contributed by atoms with Crippen molar-refractivity contribution in [3.05, 3.63) is 28.2 Å². The number of rotatable bonds is 5. The van der Waals surface area contributed by atoms with Crippen LogP contribution in [0.15, 0.2) is 22.7 Å². The van der Waals surface area contributed by atoms with E-state index >= 15 is 0 Å². The van der Waals surface area contributed by atoms with Gasteiger partial charge in [0, 0.05) is 4.47 Å². The molecule has 3 N–H and O–H groups in total. The highest BCUT2D eigenvalue weighted by Crippen LogP contribution is 2.23. The molecule has 104 valence electrons. The third-order valence-electron chi connectivity index (χ3n) is 3.17. The van der Waals surface area contributed by atoms with Gasteiger partial charge in [0.2, 0.25) is 0 Å². The molecule has 0 aliphatic rings. The first-order valence-corrected chi connectivity index (χ1v) is 6.70. The van der Waals surface area contributed by atoms with Crippen LogP contribution in [-0.2, 0) is 4.79 Å². The van der Waals surface area contributed by atoms with Gasteiger partial charge in [0.15, 0.2) is 0 Å². The second-order valence-corrected chi connectivity index (χ2v) is 5.13. The molecule has 0 saturated carbocycles. The first-order chi connectivity index (χ1) is 8.86. The fourth-order valence-electron chi connectivity index (χ4n) is 1.76. The summed E-state index contributed by atoms with van der Waals surface area (Å²) < 4.78 is 0.629. The van der Waals surface area contributed by atoms with Crippen LogP contribution in [0.1, 0.15) is 37.0 Å². The summed E-state index contributed by atoms with van der Waals surface area (Å²) in [5.74, 6) is -1.88. The smallest absolute Gasteiger partial charge is 0.329 e. The lowest BCUT2D eigenvalue weighted by atomic mass is 9.92. The molecular formula is C13H16BrNO4. The van der Waals surface area contributed by atoms with Crippen LogP contribution in [0.4, 0.5) is 0 Å². The number of aliphatic carboxylic acids is 1. The van der Waals surface area contributed by atoms with Crippen LogP contribution in [0.3, 0.4) is 0 Å². The molecule has 0 heterocycles. The average Bonchev–Trinajstić information content (AvgIpc) is 2.38. The number of benzene rings is 1. The van der Waals surface area contributed by atoms with Gasteiger partial charge in [-0.25, -0.2) is 4.79 Å². The number of aromatic hydroxyl groups is 1. The molecule has 1 amide bonds. The Morgan fingerprint density at radius 3 is 2.37 bits per heavy atom. The molecule has 0 spiro atoms. The molecule has 5 nitrogen and oxygen atoms in total. The van der Waals surface area contributed by atoms with E-state index in [1.54, 1.807) is 19.9 Å². The molecule has 0 aliphatic carbocycles. The molecule has 1 aromatic rings. The number of carboxylic acid groups (broad SMARTS) is 1. The zero-order valence-electron chi connectivity index (χ0n) is 10.7. The molecule has 0 bridgehead atoms. The van der Waals surface area contributed by atoms with E-state index in [0.717, 1.165) is 0 Å². The Labute approximate surface area is 119 Å². The van der Waals surface area contributed by atoms with E-state index in [0.29, 0.717) is 4.47 Å². The molecule has 0 saturated heterocycles. The standard InChI is InChI=1S/C13H16BrNO4/c1-3-13(4-2,12(18)19)15-11(17)9-7-8(14)5-6-10(9)16/h5-7,16H,3-4H2,1-2H3,(H,15,17)(H,18,19). The molecule has 0 aromatic heterocycles. The van der Waals surface area contributed by atoms with E-state index < -0.39 is 17.4 Å². The van der Waals surface area contributed by atoms with Gasteiger partial charge in [-0.1, -0.05) is 29.8 Å². The zero-order chi connectivity index (χ0) is 14.6. The summed E-state index contributed by atoms with van der Waals surface area (Å²) in [6, 6.07) is 4.41. The van der Waals surface area contributed by atoms with Crippen LogP contribution in [0.5, 0.6) is 5.75 Å². The molecule has 0 fully saturated rings. The Kier molecular flexibility index (Phi) is 4.94. The predicted octanol–water partition coefficient (Wildman–Crippen LogP) is 2.53. The van der Waals surface area contributed by atoms with Gasteiger partial charge < -0.3 is 15.5 Å². The van der Waals surface area contributed by atoms with Crippen LogP contribution in [-0.4, -0.2) is 27.6 Å². The van der Waals surface area contributed by atoms with Gasteiger partial charge >= 0.3 is 5.97 Å². The monoisotopic (exact) mass is 329 g/mol. The van der Waals surface area contributed by atoms with E-state index in [4.69, 9.17) is 0 Å². The molecule has 0 radical (unpaired) electrons. The SMILES string of the molecule is CCC(CC)(NC(=O)c1cc(Br)ccc1O)C(=O)O. The predicted molar refractivity (Wildman–Crippen MR) is 74.2 cm³/mol. The number of hydrogen-bond acceptors (Lipinski definition) is 3. The molecule has 1 rings (SSSR count). The van der Waals surface area contributed by atoms with Crippen molar-refractivity contribution in [2.45, 2.75) is 32.2 Å². The van der Waals surface area contributed by atoms with Gasteiger partial charge in [0.25, 0.3) is 5.91 Å². The zero-order valence-corrected chi connectivity index (χ0v) is 12.3. The van der Waals surface area contributed by atoms with E-state index in [1.165, 1.54) is 12.1 Å². The second kappa shape index (κ2) is 6.06. The van der Waals surface area contributed by atoms with Gasteiger partial charge in [0.05, 0.1) is 5.56 Å². The van der Waals surface area contributed by atoms with Crippen molar-refractivity contribution in [2.75, 3.05) is 0 Å². The van der Waals surface area contributed by atoms with E-state index in [-0.39, 0.29) is 24.2 Å². The maximum absolute atomic E-state index is 12.1. The van der Waals surface area contributed by atoms with Gasteiger partial charge in [-0.05, 0) is 31.0 Å². The summed E-state index contributed by atoms with van der Waals surface area (Å²) in [7, 11) is 0. The fourth-order valence-corrected chi connectivity index (χ4v) is 2.12. The minimum Gasteiger partial charge on any atom is -0.507 e. The number of hydrogen-bond donors (Lipinski definition) is 3. The van der Waals surface area contributed by atoms with Crippen molar-refractivity contribution in [1.82, 2.24) is 5.32 Å². The Bertz CT molecular complexity index is 497. The number of carboxylic acids is 1. The molecular weight excluding hydrogens is 314 g/mol. The molecule has 0 aliphatic heterocycles. The highest BCUT2D eigenvalue weighted by Gasteiger charge is 2.37. The number of phenols is 1. The van der Waals surface area contributed by atoms with Crippen molar-refractivity contribution < 1.29 is 19.8 Å².